The van der Waals surface area contributed by atoms with Gasteiger partial charge in [0.05, 0.1) is 5.69 Å². The standard InChI is InChI=1S/C8H6F3NO2/c1-5-6(14-4-13)2-3-7(12-5)8(9,10)11/h2-4H,1H3. The third-order valence-corrected chi connectivity index (χ3v) is 1.50. The molecule has 1 aromatic heterocycles. The minimum absolute atomic E-state index is 0.0203. The van der Waals surface area contributed by atoms with Crippen LogP contribution in [-0.4, -0.2) is 11.5 Å². The normalized spacial score (nSPS) is 11.1. The van der Waals surface area contributed by atoms with Crippen LogP contribution in [-0.2, 0) is 11.0 Å². The number of nitrogens with zero attached hydrogens (tertiary/aromatic N) is 1. The maximum Gasteiger partial charge on any atom is 0.433 e. The van der Waals surface area contributed by atoms with Crippen LogP contribution in [0.3, 0.4) is 0 Å². The quantitative estimate of drug-likeness (QED) is 0.692. The zero-order valence-corrected chi connectivity index (χ0v) is 7.13. The van der Waals surface area contributed by atoms with Gasteiger partial charge in [-0.15, -0.1) is 0 Å². The van der Waals surface area contributed by atoms with E-state index in [-0.39, 0.29) is 17.9 Å². The van der Waals surface area contributed by atoms with Crippen LogP contribution in [0, 0.1) is 6.92 Å². The van der Waals surface area contributed by atoms with E-state index >= 15 is 0 Å². The van der Waals surface area contributed by atoms with Gasteiger partial charge in [-0.05, 0) is 19.1 Å². The molecular formula is C8H6F3NO2. The van der Waals surface area contributed by atoms with Crippen LogP contribution in [0.5, 0.6) is 5.75 Å². The predicted molar refractivity (Wildman–Crippen MR) is 40.7 cm³/mol. The molecule has 0 aliphatic carbocycles. The van der Waals surface area contributed by atoms with Crippen molar-refractivity contribution in [3.05, 3.63) is 23.5 Å². The highest BCUT2D eigenvalue weighted by Gasteiger charge is 2.32. The second kappa shape index (κ2) is 3.65. The summed E-state index contributed by atoms with van der Waals surface area (Å²) in [4.78, 5) is 13.2. The minimum Gasteiger partial charge on any atom is -0.427 e. The first-order chi connectivity index (χ1) is 6.45. The molecule has 1 heterocycles. The molecule has 76 valence electrons. The Kier molecular flexibility index (Phi) is 2.73. The van der Waals surface area contributed by atoms with Gasteiger partial charge in [0.25, 0.3) is 6.47 Å². The summed E-state index contributed by atoms with van der Waals surface area (Å²) in [5, 5.41) is 0. The van der Waals surface area contributed by atoms with Crippen LogP contribution in [0.2, 0.25) is 0 Å². The molecule has 3 nitrogen and oxygen atoms in total. The molecule has 0 radical (unpaired) electrons. The average Bonchev–Trinajstić information content (AvgIpc) is 2.07. The number of pyridine rings is 1. The van der Waals surface area contributed by atoms with Crippen LogP contribution in [0.4, 0.5) is 13.2 Å². The Hall–Kier alpha value is -1.59. The maximum atomic E-state index is 12.1. The van der Waals surface area contributed by atoms with E-state index in [0.717, 1.165) is 12.1 Å². The van der Waals surface area contributed by atoms with E-state index in [1.54, 1.807) is 0 Å². The number of rotatable bonds is 2. The van der Waals surface area contributed by atoms with Crippen molar-refractivity contribution in [2.75, 3.05) is 0 Å². The lowest BCUT2D eigenvalue weighted by Gasteiger charge is -2.07. The van der Waals surface area contributed by atoms with Gasteiger partial charge >= 0.3 is 6.18 Å². The van der Waals surface area contributed by atoms with Crippen LogP contribution >= 0.6 is 0 Å². The van der Waals surface area contributed by atoms with Crippen molar-refractivity contribution in [2.45, 2.75) is 13.1 Å². The van der Waals surface area contributed by atoms with E-state index in [1.165, 1.54) is 6.92 Å². The van der Waals surface area contributed by atoms with Crippen molar-refractivity contribution < 1.29 is 22.7 Å². The molecule has 0 aromatic carbocycles. The van der Waals surface area contributed by atoms with Gasteiger partial charge in [0.2, 0.25) is 0 Å². The number of aromatic nitrogens is 1. The van der Waals surface area contributed by atoms with Crippen molar-refractivity contribution in [3.8, 4) is 5.75 Å². The zero-order valence-electron chi connectivity index (χ0n) is 7.13. The number of alkyl halides is 3. The summed E-state index contributed by atoms with van der Waals surface area (Å²) in [5.74, 6) is 0.0213. The first-order valence-electron chi connectivity index (χ1n) is 3.60. The molecule has 0 bridgehead atoms. The number of halogens is 3. The van der Waals surface area contributed by atoms with E-state index in [0.29, 0.717) is 0 Å². The van der Waals surface area contributed by atoms with Gasteiger partial charge in [-0.25, -0.2) is 4.98 Å². The number of hydrogen-bond acceptors (Lipinski definition) is 3. The summed E-state index contributed by atoms with van der Waals surface area (Å²) >= 11 is 0. The third kappa shape index (κ3) is 2.21. The average molecular weight is 205 g/mol. The zero-order chi connectivity index (χ0) is 10.8. The van der Waals surface area contributed by atoms with Gasteiger partial charge < -0.3 is 4.74 Å². The Morgan fingerprint density at radius 3 is 2.50 bits per heavy atom. The smallest absolute Gasteiger partial charge is 0.427 e. The molecule has 0 saturated heterocycles. The number of ether oxygens (including phenoxy) is 1. The number of carbonyl (C=O) groups is 1. The van der Waals surface area contributed by atoms with Gasteiger partial charge in [-0.2, -0.15) is 13.2 Å². The molecule has 14 heavy (non-hydrogen) atoms. The highest BCUT2D eigenvalue weighted by atomic mass is 19.4. The number of hydrogen-bond donors (Lipinski definition) is 0. The summed E-state index contributed by atoms with van der Waals surface area (Å²) in [5.41, 5.74) is -0.986. The fourth-order valence-corrected chi connectivity index (χ4v) is 0.883. The van der Waals surface area contributed by atoms with E-state index in [9.17, 15) is 18.0 Å². The molecule has 0 atom stereocenters. The summed E-state index contributed by atoms with van der Waals surface area (Å²) in [6.07, 6.45) is -4.48. The van der Waals surface area contributed by atoms with E-state index in [2.05, 4.69) is 9.72 Å². The molecule has 0 N–H and O–H groups in total. The minimum atomic E-state index is -4.48. The van der Waals surface area contributed by atoms with Crippen LogP contribution in [0.25, 0.3) is 0 Å². The lowest BCUT2D eigenvalue weighted by atomic mass is 10.3. The second-order valence-electron chi connectivity index (χ2n) is 2.49. The van der Waals surface area contributed by atoms with Crippen LogP contribution in [0.1, 0.15) is 11.4 Å². The fourth-order valence-electron chi connectivity index (χ4n) is 0.883. The molecule has 0 saturated carbocycles. The van der Waals surface area contributed by atoms with Crippen molar-refractivity contribution in [2.24, 2.45) is 0 Å². The van der Waals surface area contributed by atoms with E-state index in [4.69, 9.17) is 0 Å². The molecule has 6 heteroatoms. The lowest BCUT2D eigenvalue weighted by molar-refractivity contribution is -0.141. The molecule has 0 aliphatic rings. The van der Waals surface area contributed by atoms with E-state index < -0.39 is 11.9 Å². The fraction of sp³-hybridized carbons (Fsp3) is 0.250. The lowest BCUT2D eigenvalue weighted by Crippen LogP contribution is -2.09. The number of carbonyl (C=O) groups excluding carboxylic acids is 1. The molecule has 0 unspecified atom stereocenters. The SMILES string of the molecule is Cc1nc(C(F)(F)F)ccc1OC=O. The Bertz CT molecular complexity index is 349. The molecule has 0 fully saturated rings. The highest BCUT2D eigenvalue weighted by Crippen LogP contribution is 2.29. The Labute approximate surface area is 77.5 Å². The molecule has 0 aliphatic heterocycles. The van der Waals surface area contributed by atoms with Crippen molar-refractivity contribution >= 4 is 6.47 Å². The van der Waals surface area contributed by atoms with Crippen molar-refractivity contribution in [1.29, 1.82) is 0 Å². The summed E-state index contributed by atoms with van der Waals surface area (Å²) < 4.78 is 40.7. The van der Waals surface area contributed by atoms with Gasteiger partial charge in [0, 0.05) is 0 Å². The van der Waals surface area contributed by atoms with Crippen molar-refractivity contribution in [3.63, 3.8) is 0 Å². The predicted octanol–water partition coefficient (Wildman–Crippen LogP) is 1.94. The summed E-state index contributed by atoms with van der Waals surface area (Å²) in [6.45, 7) is 1.46. The Balaban J connectivity index is 3.06. The first-order valence-corrected chi connectivity index (χ1v) is 3.60. The van der Waals surface area contributed by atoms with E-state index in [1.807, 2.05) is 0 Å². The molecular weight excluding hydrogens is 199 g/mol. The molecule has 0 spiro atoms. The van der Waals surface area contributed by atoms with Crippen LogP contribution < -0.4 is 4.74 Å². The maximum absolute atomic E-state index is 12.1. The van der Waals surface area contributed by atoms with Gasteiger partial charge in [-0.1, -0.05) is 0 Å². The summed E-state index contributed by atoms with van der Waals surface area (Å²) in [6, 6.07) is 1.81. The first kappa shape index (κ1) is 10.5. The molecule has 0 amide bonds. The Morgan fingerprint density at radius 2 is 2.07 bits per heavy atom. The van der Waals surface area contributed by atoms with Gasteiger partial charge in [0.15, 0.2) is 5.75 Å². The highest BCUT2D eigenvalue weighted by molar-refractivity contribution is 5.46. The molecule has 1 aromatic rings. The summed E-state index contributed by atoms with van der Waals surface area (Å²) in [7, 11) is 0. The largest absolute Gasteiger partial charge is 0.433 e. The van der Waals surface area contributed by atoms with Gasteiger partial charge in [-0.3, -0.25) is 4.79 Å². The number of aryl methyl sites for hydroxylation is 1. The topological polar surface area (TPSA) is 39.2 Å². The van der Waals surface area contributed by atoms with Crippen molar-refractivity contribution in [1.82, 2.24) is 4.98 Å². The Morgan fingerprint density at radius 1 is 1.43 bits per heavy atom. The monoisotopic (exact) mass is 205 g/mol. The second-order valence-corrected chi connectivity index (χ2v) is 2.49. The molecule has 1 rings (SSSR count). The van der Waals surface area contributed by atoms with Gasteiger partial charge in [0.1, 0.15) is 5.69 Å². The van der Waals surface area contributed by atoms with Crippen LogP contribution in [0.15, 0.2) is 12.1 Å². The third-order valence-electron chi connectivity index (χ3n) is 1.50.